The zero-order valence-corrected chi connectivity index (χ0v) is 14.7. The van der Waals surface area contributed by atoms with E-state index >= 15 is 0 Å². The molecule has 0 aromatic heterocycles. The van der Waals surface area contributed by atoms with Gasteiger partial charge in [0.05, 0.1) is 0 Å². The second-order valence-electron chi connectivity index (χ2n) is 6.63. The lowest BCUT2D eigenvalue weighted by Gasteiger charge is -2.15. The maximum atomic E-state index is 13.6. The van der Waals surface area contributed by atoms with Gasteiger partial charge in [0.2, 0.25) is 0 Å². The minimum Gasteiger partial charge on any atom is -0.207 e. The standard InChI is InChI=1S/C24H18F2/c1-15-13-18(25)9-11-20(15)22-7-3-5-17-6-4-8-23(24(17)22)21-12-10-19(26)14-16(21)2/h3-14H,1-2H3. The molecule has 0 heterocycles. The Kier molecular flexibility index (Phi) is 4.04. The van der Waals surface area contributed by atoms with Crippen LogP contribution in [0.1, 0.15) is 11.1 Å². The number of halogens is 2. The van der Waals surface area contributed by atoms with E-state index in [1.807, 2.05) is 38.1 Å². The van der Waals surface area contributed by atoms with Gasteiger partial charge in [0.1, 0.15) is 11.6 Å². The highest BCUT2D eigenvalue weighted by molar-refractivity contribution is 6.07. The normalized spacial score (nSPS) is 11.1. The second-order valence-corrected chi connectivity index (χ2v) is 6.63. The maximum absolute atomic E-state index is 13.6. The molecule has 0 aliphatic carbocycles. The summed E-state index contributed by atoms with van der Waals surface area (Å²) in [6, 6.07) is 22.0. The van der Waals surface area contributed by atoms with E-state index in [2.05, 4.69) is 24.3 Å². The lowest BCUT2D eigenvalue weighted by Crippen LogP contribution is -1.91. The molecule has 0 nitrogen and oxygen atoms in total. The predicted octanol–water partition coefficient (Wildman–Crippen LogP) is 7.07. The third-order valence-corrected chi connectivity index (χ3v) is 4.86. The average Bonchev–Trinajstić information content (AvgIpc) is 2.61. The second kappa shape index (κ2) is 6.38. The first kappa shape index (κ1) is 16.5. The van der Waals surface area contributed by atoms with E-state index in [0.29, 0.717) is 0 Å². The van der Waals surface area contributed by atoms with Crippen LogP contribution in [0.4, 0.5) is 8.78 Å². The predicted molar refractivity (Wildman–Crippen MR) is 104 cm³/mol. The number of benzene rings is 4. The molecule has 4 aromatic carbocycles. The van der Waals surface area contributed by atoms with E-state index in [0.717, 1.165) is 44.2 Å². The highest BCUT2D eigenvalue weighted by atomic mass is 19.1. The molecule has 0 aliphatic heterocycles. The van der Waals surface area contributed by atoms with Crippen LogP contribution in [-0.4, -0.2) is 0 Å². The van der Waals surface area contributed by atoms with Crippen LogP contribution in [-0.2, 0) is 0 Å². The van der Waals surface area contributed by atoms with Crippen LogP contribution in [0.3, 0.4) is 0 Å². The van der Waals surface area contributed by atoms with E-state index < -0.39 is 0 Å². The molecule has 0 atom stereocenters. The molecular weight excluding hydrogens is 326 g/mol. The molecule has 2 heteroatoms. The zero-order chi connectivity index (χ0) is 18.3. The van der Waals surface area contributed by atoms with Crippen LogP contribution < -0.4 is 0 Å². The summed E-state index contributed by atoms with van der Waals surface area (Å²) in [6.45, 7) is 3.84. The molecule has 4 aromatic rings. The fraction of sp³-hybridized carbons (Fsp3) is 0.0833. The van der Waals surface area contributed by atoms with Crippen LogP contribution in [0.5, 0.6) is 0 Å². The van der Waals surface area contributed by atoms with Crippen molar-refractivity contribution in [3.63, 3.8) is 0 Å². The van der Waals surface area contributed by atoms with Gasteiger partial charge in [0.25, 0.3) is 0 Å². The van der Waals surface area contributed by atoms with Crippen LogP contribution in [0, 0.1) is 25.5 Å². The summed E-state index contributed by atoms with van der Waals surface area (Å²) < 4.78 is 27.2. The monoisotopic (exact) mass is 344 g/mol. The smallest absolute Gasteiger partial charge is 0.123 e. The molecule has 0 saturated heterocycles. The Balaban J connectivity index is 2.07. The van der Waals surface area contributed by atoms with Crippen molar-refractivity contribution in [3.05, 3.63) is 95.6 Å². The van der Waals surface area contributed by atoms with Gasteiger partial charge in [0, 0.05) is 0 Å². The minimum atomic E-state index is -0.235. The lowest BCUT2D eigenvalue weighted by atomic mass is 9.89. The first-order chi connectivity index (χ1) is 12.5. The fourth-order valence-corrected chi connectivity index (χ4v) is 3.65. The number of hydrogen-bond donors (Lipinski definition) is 0. The summed E-state index contributed by atoms with van der Waals surface area (Å²) in [6.07, 6.45) is 0. The molecule has 0 amide bonds. The molecule has 4 rings (SSSR count). The van der Waals surface area contributed by atoms with Gasteiger partial charge in [-0.05, 0) is 82.3 Å². The van der Waals surface area contributed by atoms with Crippen molar-refractivity contribution in [2.24, 2.45) is 0 Å². The Hall–Kier alpha value is -3.00. The van der Waals surface area contributed by atoms with Crippen LogP contribution in [0.25, 0.3) is 33.0 Å². The Morgan fingerprint density at radius 2 is 1.00 bits per heavy atom. The van der Waals surface area contributed by atoms with Crippen molar-refractivity contribution >= 4 is 10.8 Å². The van der Waals surface area contributed by atoms with E-state index in [1.165, 1.54) is 12.1 Å². The SMILES string of the molecule is Cc1cc(F)ccc1-c1cccc2cccc(-c3ccc(F)cc3C)c12. The van der Waals surface area contributed by atoms with Crippen molar-refractivity contribution in [3.8, 4) is 22.3 Å². The van der Waals surface area contributed by atoms with Gasteiger partial charge in [-0.25, -0.2) is 8.78 Å². The third kappa shape index (κ3) is 2.78. The molecule has 0 saturated carbocycles. The average molecular weight is 344 g/mol. The number of aryl methyl sites for hydroxylation is 2. The Bertz CT molecular complexity index is 1040. The van der Waals surface area contributed by atoms with Crippen molar-refractivity contribution in [1.82, 2.24) is 0 Å². The lowest BCUT2D eigenvalue weighted by molar-refractivity contribution is 0.626. The molecule has 0 N–H and O–H groups in total. The topological polar surface area (TPSA) is 0 Å². The third-order valence-electron chi connectivity index (χ3n) is 4.86. The van der Waals surface area contributed by atoms with Crippen LogP contribution >= 0.6 is 0 Å². The van der Waals surface area contributed by atoms with Gasteiger partial charge in [-0.1, -0.05) is 48.5 Å². The van der Waals surface area contributed by atoms with Crippen molar-refractivity contribution in [1.29, 1.82) is 0 Å². The van der Waals surface area contributed by atoms with Crippen molar-refractivity contribution < 1.29 is 8.78 Å². The van der Waals surface area contributed by atoms with Crippen LogP contribution in [0.2, 0.25) is 0 Å². The summed E-state index contributed by atoms with van der Waals surface area (Å²) in [5.74, 6) is -0.470. The number of fused-ring (bicyclic) bond motifs is 1. The zero-order valence-electron chi connectivity index (χ0n) is 14.7. The first-order valence-corrected chi connectivity index (χ1v) is 8.59. The number of rotatable bonds is 2. The van der Waals surface area contributed by atoms with E-state index in [-0.39, 0.29) is 11.6 Å². The van der Waals surface area contributed by atoms with Gasteiger partial charge in [-0.15, -0.1) is 0 Å². The van der Waals surface area contributed by atoms with E-state index in [4.69, 9.17) is 0 Å². The summed E-state index contributed by atoms with van der Waals surface area (Å²) >= 11 is 0. The molecule has 0 bridgehead atoms. The summed E-state index contributed by atoms with van der Waals surface area (Å²) in [7, 11) is 0. The van der Waals surface area contributed by atoms with Crippen LogP contribution in [0.15, 0.2) is 72.8 Å². The van der Waals surface area contributed by atoms with E-state index in [9.17, 15) is 8.78 Å². The Labute approximate surface area is 151 Å². The highest BCUT2D eigenvalue weighted by Crippen LogP contribution is 2.38. The summed E-state index contributed by atoms with van der Waals surface area (Å²) in [4.78, 5) is 0. The Morgan fingerprint density at radius 3 is 1.42 bits per heavy atom. The highest BCUT2D eigenvalue weighted by Gasteiger charge is 2.13. The van der Waals surface area contributed by atoms with Gasteiger partial charge in [-0.3, -0.25) is 0 Å². The molecular formula is C24H18F2. The fourth-order valence-electron chi connectivity index (χ4n) is 3.65. The summed E-state index contributed by atoms with van der Waals surface area (Å²) in [5, 5.41) is 2.20. The minimum absolute atomic E-state index is 0.235. The molecule has 0 aliphatic rings. The van der Waals surface area contributed by atoms with E-state index in [1.54, 1.807) is 12.1 Å². The molecule has 26 heavy (non-hydrogen) atoms. The Morgan fingerprint density at radius 1 is 0.538 bits per heavy atom. The van der Waals surface area contributed by atoms with Gasteiger partial charge >= 0.3 is 0 Å². The van der Waals surface area contributed by atoms with Gasteiger partial charge < -0.3 is 0 Å². The largest absolute Gasteiger partial charge is 0.207 e. The molecule has 0 fully saturated rings. The number of hydrogen-bond acceptors (Lipinski definition) is 0. The molecule has 0 unspecified atom stereocenters. The quantitative estimate of drug-likeness (QED) is 0.365. The van der Waals surface area contributed by atoms with Crippen molar-refractivity contribution in [2.45, 2.75) is 13.8 Å². The molecule has 0 radical (unpaired) electrons. The molecule has 0 spiro atoms. The summed E-state index contributed by atoms with van der Waals surface area (Å²) in [5.41, 5.74) is 5.90. The molecule has 128 valence electrons. The first-order valence-electron chi connectivity index (χ1n) is 8.59. The maximum Gasteiger partial charge on any atom is 0.123 e. The van der Waals surface area contributed by atoms with Gasteiger partial charge in [-0.2, -0.15) is 0 Å². The van der Waals surface area contributed by atoms with Crippen molar-refractivity contribution in [2.75, 3.05) is 0 Å². The van der Waals surface area contributed by atoms with Gasteiger partial charge in [0.15, 0.2) is 0 Å².